The molecule has 76 valence electrons. The van der Waals surface area contributed by atoms with Gasteiger partial charge in [-0.25, -0.2) is 0 Å². The molecule has 1 rings (SSSR count). The Kier molecular flexibility index (Phi) is 3.60. The van der Waals surface area contributed by atoms with Crippen LogP contribution in [0.5, 0.6) is 0 Å². The number of hydrogen-bond acceptors (Lipinski definition) is 3. The Balaban J connectivity index is 3.00. The lowest BCUT2D eigenvalue weighted by atomic mass is 10.2. The summed E-state index contributed by atoms with van der Waals surface area (Å²) in [4.78, 5) is 12.2. The van der Waals surface area contributed by atoms with Crippen LogP contribution in [0, 0.1) is 10.1 Å². The van der Waals surface area contributed by atoms with Crippen molar-refractivity contribution in [3.8, 4) is 0 Å². The molecular weight excluding hydrogens is 248 g/mol. The third-order valence-electron chi connectivity index (χ3n) is 1.71. The summed E-state index contributed by atoms with van der Waals surface area (Å²) in [5.74, 6) is 0. The van der Waals surface area contributed by atoms with Gasteiger partial charge in [0, 0.05) is 12.6 Å². The maximum Gasteiger partial charge on any atom is 0.283 e. The standard InChI is InChI=1S/C9H11BrN2O2/c1-11(2)6-7-3-4-8(10)9(5-7)12(13)14/h3-5H,6H2,1-2H3. The van der Waals surface area contributed by atoms with Crippen molar-refractivity contribution in [3.63, 3.8) is 0 Å². The van der Waals surface area contributed by atoms with E-state index in [1.54, 1.807) is 12.1 Å². The second-order valence-electron chi connectivity index (χ2n) is 3.28. The van der Waals surface area contributed by atoms with Gasteiger partial charge >= 0.3 is 0 Å². The van der Waals surface area contributed by atoms with E-state index in [2.05, 4.69) is 15.9 Å². The molecule has 4 nitrogen and oxygen atoms in total. The zero-order valence-corrected chi connectivity index (χ0v) is 9.61. The fourth-order valence-electron chi connectivity index (χ4n) is 1.16. The first-order valence-corrected chi connectivity index (χ1v) is 4.87. The third kappa shape index (κ3) is 2.78. The van der Waals surface area contributed by atoms with E-state index in [-0.39, 0.29) is 10.6 Å². The lowest BCUT2D eigenvalue weighted by Crippen LogP contribution is -2.10. The van der Waals surface area contributed by atoms with Crippen molar-refractivity contribution in [2.75, 3.05) is 14.1 Å². The summed E-state index contributed by atoms with van der Waals surface area (Å²) in [7, 11) is 3.85. The first kappa shape index (κ1) is 11.1. The lowest BCUT2D eigenvalue weighted by Gasteiger charge is -2.09. The van der Waals surface area contributed by atoms with Crippen LogP contribution < -0.4 is 0 Å². The highest BCUT2D eigenvalue weighted by molar-refractivity contribution is 9.10. The van der Waals surface area contributed by atoms with Crippen molar-refractivity contribution in [1.29, 1.82) is 0 Å². The Bertz CT molecular complexity index is 353. The van der Waals surface area contributed by atoms with Gasteiger partial charge in [-0.3, -0.25) is 10.1 Å². The van der Waals surface area contributed by atoms with Gasteiger partial charge in [0.1, 0.15) is 0 Å². The molecule has 0 aliphatic heterocycles. The van der Waals surface area contributed by atoms with Gasteiger partial charge in [-0.1, -0.05) is 6.07 Å². The van der Waals surface area contributed by atoms with Crippen LogP contribution in [0.1, 0.15) is 5.56 Å². The molecule has 0 aliphatic carbocycles. The summed E-state index contributed by atoms with van der Waals surface area (Å²) < 4.78 is 0.519. The van der Waals surface area contributed by atoms with Gasteiger partial charge in [-0.05, 0) is 41.7 Å². The average Bonchev–Trinajstić information content (AvgIpc) is 2.07. The monoisotopic (exact) mass is 258 g/mol. The molecule has 0 spiro atoms. The van der Waals surface area contributed by atoms with E-state index in [1.165, 1.54) is 0 Å². The highest BCUT2D eigenvalue weighted by Crippen LogP contribution is 2.25. The second-order valence-corrected chi connectivity index (χ2v) is 4.13. The molecule has 1 aromatic rings. The normalized spacial score (nSPS) is 10.6. The van der Waals surface area contributed by atoms with Gasteiger partial charge in [0.25, 0.3) is 5.69 Å². The van der Waals surface area contributed by atoms with Crippen molar-refractivity contribution in [2.24, 2.45) is 0 Å². The number of nitro groups is 1. The SMILES string of the molecule is CN(C)Cc1ccc(Br)c([N+](=O)[O-])c1. The van der Waals surface area contributed by atoms with Crippen LogP contribution in [0.15, 0.2) is 22.7 Å². The number of benzene rings is 1. The van der Waals surface area contributed by atoms with Crippen LogP contribution in [0.3, 0.4) is 0 Å². The minimum absolute atomic E-state index is 0.115. The molecule has 0 aromatic heterocycles. The largest absolute Gasteiger partial charge is 0.305 e. The van der Waals surface area contributed by atoms with Crippen molar-refractivity contribution in [3.05, 3.63) is 38.3 Å². The quantitative estimate of drug-likeness (QED) is 0.618. The number of nitro benzene ring substituents is 1. The van der Waals surface area contributed by atoms with Crippen LogP contribution in [0.4, 0.5) is 5.69 Å². The lowest BCUT2D eigenvalue weighted by molar-refractivity contribution is -0.385. The minimum atomic E-state index is -0.386. The zero-order valence-electron chi connectivity index (χ0n) is 8.03. The predicted molar refractivity (Wildman–Crippen MR) is 58.2 cm³/mol. The van der Waals surface area contributed by atoms with Gasteiger partial charge < -0.3 is 4.90 Å². The molecule has 0 fully saturated rings. The average molecular weight is 259 g/mol. The summed E-state index contributed by atoms with van der Waals surface area (Å²) in [6, 6.07) is 5.16. The summed E-state index contributed by atoms with van der Waals surface area (Å²) in [5, 5.41) is 10.6. The van der Waals surface area contributed by atoms with Crippen LogP contribution in [0.2, 0.25) is 0 Å². The van der Waals surface area contributed by atoms with Gasteiger partial charge in [0.15, 0.2) is 0 Å². The molecule has 0 radical (unpaired) electrons. The fourth-order valence-corrected chi connectivity index (χ4v) is 1.55. The fraction of sp³-hybridized carbons (Fsp3) is 0.333. The Hall–Kier alpha value is -0.940. The molecule has 0 heterocycles. The molecule has 0 aliphatic rings. The number of halogens is 1. The Morgan fingerprint density at radius 1 is 1.50 bits per heavy atom. The smallest absolute Gasteiger partial charge is 0.283 e. The van der Waals surface area contributed by atoms with Crippen LogP contribution in [-0.4, -0.2) is 23.9 Å². The number of hydrogen-bond donors (Lipinski definition) is 0. The van der Waals surface area contributed by atoms with Crippen molar-refractivity contribution in [2.45, 2.75) is 6.54 Å². The van der Waals surface area contributed by atoms with E-state index in [4.69, 9.17) is 0 Å². The molecule has 0 N–H and O–H groups in total. The minimum Gasteiger partial charge on any atom is -0.305 e. The number of rotatable bonds is 3. The zero-order chi connectivity index (χ0) is 10.7. The third-order valence-corrected chi connectivity index (χ3v) is 2.38. The van der Waals surface area contributed by atoms with Gasteiger partial charge in [0.05, 0.1) is 9.40 Å². The van der Waals surface area contributed by atoms with E-state index in [0.717, 1.165) is 5.56 Å². The van der Waals surface area contributed by atoms with E-state index >= 15 is 0 Å². The summed E-state index contributed by atoms with van der Waals surface area (Å²) in [5.41, 5.74) is 1.05. The first-order valence-electron chi connectivity index (χ1n) is 4.08. The molecule has 0 unspecified atom stereocenters. The maximum absolute atomic E-state index is 10.6. The summed E-state index contributed by atoms with van der Waals surface area (Å²) in [6.07, 6.45) is 0. The summed E-state index contributed by atoms with van der Waals surface area (Å²) >= 11 is 3.14. The van der Waals surface area contributed by atoms with Crippen LogP contribution in [-0.2, 0) is 6.54 Å². The molecule has 0 saturated heterocycles. The Morgan fingerprint density at radius 2 is 2.14 bits per heavy atom. The van der Waals surface area contributed by atoms with Crippen LogP contribution in [0.25, 0.3) is 0 Å². The van der Waals surface area contributed by atoms with Gasteiger partial charge in [-0.2, -0.15) is 0 Å². The molecule has 0 bridgehead atoms. The molecule has 0 amide bonds. The highest BCUT2D eigenvalue weighted by atomic mass is 79.9. The van der Waals surface area contributed by atoms with Crippen LogP contribution >= 0.6 is 15.9 Å². The Morgan fingerprint density at radius 3 is 2.64 bits per heavy atom. The molecule has 0 atom stereocenters. The van der Waals surface area contributed by atoms with Crippen molar-refractivity contribution >= 4 is 21.6 Å². The molecule has 1 aromatic carbocycles. The maximum atomic E-state index is 10.6. The van der Waals surface area contributed by atoms with E-state index < -0.39 is 0 Å². The Labute approximate surface area is 90.8 Å². The van der Waals surface area contributed by atoms with Crippen molar-refractivity contribution in [1.82, 2.24) is 4.90 Å². The summed E-state index contributed by atoms with van der Waals surface area (Å²) in [6.45, 7) is 0.702. The molecular formula is C9H11BrN2O2. The highest BCUT2D eigenvalue weighted by Gasteiger charge is 2.12. The van der Waals surface area contributed by atoms with E-state index in [1.807, 2.05) is 25.1 Å². The molecule has 5 heteroatoms. The van der Waals surface area contributed by atoms with E-state index in [9.17, 15) is 10.1 Å². The molecule has 0 saturated carbocycles. The van der Waals surface area contributed by atoms with Gasteiger partial charge in [0.2, 0.25) is 0 Å². The number of nitrogens with zero attached hydrogens (tertiary/aromatic N) is 2. The predicted octanol–water partition coefficient (Wildman–Crippen LogP) is 2.42. The first-order chi connectivity index (χ1) is 6.50. The van der Waals surface area contributed by atoms with E-state index in [0.29, 0.717) is 11.0 Å². The topological polar surface area (TPSA) is 46.4 Å². The second kappa shape index (κ2) is 4.52. The molecule has 14 heavy (non-hydrogen) atoms. The van der Waals surface area contributed by atoms with Gasteiger partial charge in [-0.15, -0.1) is 0 Å². The van der Waals surface area contributed by atoms with Crippen molar-refractivity contribution < 1.29 is 4.92 Å².